The van der Waals surface area contributed by atoms with E-state index in [1.165, 1.54) is 48.5 Å². The molecule has 3 nitrogen and oxygen atoms in total. The summed E-state index contributed by atoms with van der Waals surface area (Å²) in [4.78, 5) is 13.3. The predicted octanol–water partition coefficient (Wildman–Crippen LogP) is 7.35. The van der Waals surface area contributed by atoms with E-state index < -0.39 is 28.7 Å². The van der Waals surface area contributed by atoms with Crippen LogP contribution in [0.1, 0.15) is 11.3 Å². The first-order chi connectivity index (χ1) is 16.3. The first-order valence-corrected chi connectivity index (χ1v) is 10.3. The fraction of sp³-hybridized carbons (Fsp3) is 0.0741. The molecule has 0 aliphatic carbocycles. The first-order valence-electron chi connectivity index (χ1n) is 10.3. The van der Waals surface area contributed by atoms with E-state index in [1.807, 2.05) is 0 Å². The van der Waals surface area contributed by atoms with E-state index in [1.54, 1.807) is 36.4 Å². The van der Waals surface area contributed by atoms with Crippen LogP contribution in [0.3, 0.4) is 0 Å². The van der Waals surface area contributed by atoms with Gasteiger partial charge in [-0.3, -0.25) is 4.79 Å². The number of alkyl halides is 3. The lowest BCUT2D eigenvalue weighted by atomic mass is 9.96. The summed E-state index contributed by atoms with van der Waals surface area (Å²) >= 11 is 0. The van der Waals surface area contributed by atoms with Crippen LogP contribution in [0.2, 0.25) is 0 Å². The van der Waals surface area contributed by atoms with Crippen LogP contribution in [0.15, 0.2) is 94.1 Å². The fourth-order valence-electron chi connectivity index (χ4n) is 3.90. The molecule has 0 amide bonds. The zero-order valence-corrected chi connectivity index (χ0v) is 17.5. The summed E-state index contributed by atoms with van der Waals surface area (Å²) < 4.78 is 66.1. The largest absolute Gasteiger partial charge is 0.489 e. The van der Waals surface area contributed by atoms with Gasteiger partial charge in [-0.1, -0.05) is 54.6 Å². The van der Waals surface area contributed by atoms with E-state index in [4.69, 9.17) is 9.15 Å². The second kappa shape index (κ2) is 8.33. The highest BCUT2D eigenvalue weighted by Gasteiger charge is 2.39. The van der Waals surface area contributed by atoms with Gasteiger partial charge in [0.2, 0.25) is 11.2 Å². The Bertz CT molecular complexity index is 1560. The molecule has 7 heteroatoms. The molecular formula is C27H16F4O3. The maximum atomic E-state index is 14.1. The van der Waals surface area contributed by atoms with Crippen LogP contribution in [0.25, 0.3) is 32.9 Å². The molecule has 0 fully saturated rings. The van der Waals surface area contributed by atoms with Crippen LogP contribution < -0.4 is 10.2 Å². The van der Waals surface area contributed by atoms with Crippen molar-refractivity contribution in [3.8, 4) is 16.9 Å². The summed E-state index contributed by atoms with van der Waals surface area (Å²) in [5.74, 6) is -1.54. The number of ether oxygens (including phenoxy) is 1. The molecule has 0 saturated heterocycles. The standard InChI is InChI=1S/C27H16F4O3/c28-18-10-8-16(9-11-18)15-33-19-12-13-22-23(14-19)34-26(27(29,30)31)24(25(22)32)21-7-3-5-17-4-1-2-6-20(17)21/h1-14H,15H2. The minimum atomic E-state index is -4.90. The second-order valence-corrected chi connectivity index (χ2v) is 7.73. The Kier molecular flexibility index (Phi) is 5.32. The smallest absolute Gasteiger partial charge is 0.450 e. The summed E-state index contributed by atoms with van der Waals surface area (Å²) in [5.41, 5.74) is -0.729. The number of benzene rings is 4. The summed E-state index contributed by atoms with van der Waals surface area (Å²) in [6.45, 7) is 0.0657. The van der Waals surface area contributed by atoms with Gasteiger partial charge in [-0.05, 0) is 46.2 Å². The normalized spacial score (nSPS) is 11.8. The van der Waals surface area contributed by atoms with Crippen molar-refractivity contribution < 1.29 is 26.7 Å². The maximum Gasteiger partial charge on any atom is 0.450 e. The summed E-state index contributed by atoms with van der Waals surface area (Å²) in [6.07, 6.45) is -4.90. The average Bonchev–Trinajstić information content (AvgIpc) is 2.83. The quantitative estimate of drug-likeness (QED) is 0.261. The average molecular weight is 464 g/mol. The molecule has 170 valence electrons. The molecule has 0 unspecified atom stereocenters. The molecule has 34 heavy (non-hydrogen) atoms. The van der Waals surface area contributed by atoms with Gasteiger partial charge in [-0.25, -0.2) is 4.39 Å². The zero-order chi connectivity index (χ0) is 23.9. The van der Waals surface area contributed by atoms with Crippen LogP contribution in [0, 0.1) is 5.82 Å². The molecule has 0 aliphatic heterocycles. The lowest BCUT2D eigenvalue weighted by Gasteiger charge is -2.15. The first kappa shape index (κ1) is 21.7. The predicted molar refractivity (Wildman–Crippen MR) is 121 cm³/mol. The maximum absolute atomic E-state index is 14.1. The van der Waals surface area contributed by atoms with Gasteiger partial charge in [0.05, 0.1) is 10.9 Å². The molecule has 0 bridgehead atoms. The molecule has 1 aromatic heterocycles. The van der Waals surface area contributed by atoms with Gasteiger partial charge in [-0.15, -0.1) is 0 Å². The number of halogens is 4. The third-order valence-electron chi connectivity index (χ3n) is 5.50. The molecular weight excluding hydrogens is 448 g/mol. The number of rotatable bonds is 4. The minimum Gasteiger partial charge on any atom is -0.489 e. The second-order valence-electron chi connectivity index (χ2n) is 7.73. The van der Waals surface area contributed by atoms with E-state index in [-0.39, 0.29) is 28.9 Å². The van der Waals surface area contributed by atoms with E-state index in [9.17, 15) is 22.4 Å². The van der Waals surface area contributed by atoms with Crippen molar-refractivity contribution in [2.45, 2.75) is 12.8 Å². The topological polar surface area (TPSA) is 39.4 Å². The molecule has 4 aromatic carbocycles. The van der Waals surface area contributed by atoms with Gasteiger partial charge in [0.1, 0.15) is 23.8 Å². The Balaban J connectivity index is 1.64. The van der Waals surface area contributed by atoms with E-state index in [2.05, 4.69) is 0 Å². The van der Waals surface area contributed by atoms with Crippen LogP contribution in [0.4, 0.5) is 17.6 Å². The van der Waals surface area contributed by atoms with Crippen LogP contribution in [0.5, 0.6) is 5.75 Å². The monoisotopic (exact) mass is 464 g/mol. The molecule has 0 saturated carbocycles. The minimum absolute atomic E-state index is 0.00469. The van der Waals surface area contributed by atoms with E-state index in [0.29, 0.717) is 16.3 Å². The SMILES string of the molecule is O=c1c(-c2cccc3ccccc23)c(C(F)(F)F)oc2cc(OCc3ccc(F)cc3)ccc12. The van der Waals surface area contributed by atoms with Crippen molar-refractivity contribution in [1.82, 2.24) is 0 Å². The van der Waals surface area contributed by atoms with Gasteiger partial charge < -0.3 is 9.15 Å². The Morgan fingerprint density at radius 1 is 0.824 bits per heavy atom. The number of hydrogen-bond donors (Lipinski definition) is 0. The molecule has 0 atom stereocenters. The van der Waals surface area contributed by atoms with Crippen molar-refractivity contribution in [3.05, 3.63) is 112 Å². The van der Waals surface area contributed by atoms with Gasteiger partial charge in [-0.2, -0.15) is 13.2 Å². The van der Waals surface area contributed by atoms with Crippen LogP contribution in [-0.2, 0) is 12.8 Å². The lowest BCUT2D eigenvalue weighted by Crippen LogP contribution is -2.16. The highest BCUT2D eigenvalue weighted by Crippen LogP contribution is 2.39. The number of hydrogen-bond acceptors (Lipinski definition) is 3. The van der Waals surface area contributed by atoms with E-state index in [0.717, 1.165) is 0 Å². The van der Waals surface area contributed by atoms with Gasteiger partial charge in [0, 0.05) is 6.07 Å². The summed E-state index contributed by atoms with van der Waals surface area (Å²) in [5, 5.41) is 1.23. The molecule has 0 N–H and O–H groups in total. The van der Waals surface area contributed by atoms with Crippen molar-refractivity contribution in [3.63, 3.8) is 0 Å². The Morgan fingerprint density at radius 3 is 2.32 bits per heavy atom. The van der Waals surface area contributed by atoms with E-state index >= 15 is 0 Å². The fourth-order valence-corrected chi connectivity index (χ4v) is 3.90. The Labute approximate surface area is 190 Å². The Hall–Kier alpha value is -4.13. The molecule has 0 aliphatic rings. The molecule has 1 heterocycles. The van der Waals surface area contributed by atoms with Gasteiger partial charge in [0.15, 0.2) is 0 Å². The highest BCUT2D eigenvalue weighted by molar-refractivity contribution is 5.98. The van der Waals surface area contributed by atoms with Crippen molar-refractivity contribution in [2.75, 3.05) is 0 Å². The molecule has 0 spiro atoms. The van der Waals surface area contributed by atoms with Gasteiger partial charge in [0.25, 0.3) is 0 Å². The third-order valence-corrected chi connectivity index (χ3v) is 5.50. The number of fused-ring (bicyclic) bond motifs is 2. The van der Waals surface area contributed by atoms with Crippen LogP contribution in [-0.4, -0.2) is 0 Å². The lowest BCUT2D eigenvalue weighted by molar-refractivity contribution is -0.152. The van der Waals surface area contributed by atoms with Crippen molar-refractivity contribution >= 4 is 21.7 Å². The molecule has 0 radical (unpaired) electrons. The zero-order valence-electron chi connectivity index (χ0n) is 17.5. The molecule has 5 rings (SSSR count). The van der Waals surface area contributed by atoms with Crippen molar-refractivity contribution in [2.24, 2.45) is 0 Å². The Morgan fingerprint density at radius 2 is 1.56 bits per heavy atom. The highest BCUT2D eigenvalue weighted by atomic mass is 19.4. The molecule has 5 aromatic rings. The summed E-state index contributed by atoms with van der Waals surface area (Å²) in [6, 6.07) is 21.5. The van der Waals surface area contributed by atoms with Crippen LogP contribution >= 0.6 is 0 Å². The van der Waals surface area contributed by atoms with Gasteiger partial charge >= 0.3 is 6.18 Å². The summed E-state index contributed by atoms with van der Waals surface area (Å²) in [7, 11) is 0. The van der Waals surface area contributed by atoms with Crippen molar-refractivity contribution in [1.29, 1.82) is 0 Å². The third kappa shape index (κ3) is 4.01.